The Kier molecular flexibility index (Phi) is 7.11. The summed E-state index contributed by atoms with van der Waals surface area (Å²) in [6, 6.07) is 13.1. The number of benzene rings is 2. The molecule has 2 aromatic rings. The van der Waals surface area contributed by atoms with Crippen molar-refractivity contribution in [2.75, 3.05) is 25.5 Å². The van der Waals surface area contributed by atoms with E-state index >= 15 is 0 Å². The summed E-state index contributed by atoms with van der Waals surface area (Å²) in [5.74, 6) is 0.161. The molecule has 10 heteroatoms. The summed E-state index contributed by atoms with van der Waals surface area (Å²) in [4.78, 5) is 32.6. The number of nitrogens with one attached hydrogen (secondary N) is 2. The predicted molar refractivity (Wildman–Crippen MR) is 133 cm³/mol. The van der Waals surface area contributed by atoms with Crippen molar-refractivity contribution >= 4 is 33.4 Å². The molecule has 0 aliphatic carbocycles. The van der Waals surface area contributed by atoms with E-state index in [0.717, 1.165) is 0 Å². The summed E-state index contributed by atoms with van der Waals surface area (Å²) in [6.45, 7) is 4.63. The van der Waals surface area contributed by atoms with Crippen molar-refractivity contribution in [3.8, 4) is 5.75 Å². The van der Waals surface area contributed by atoms with E-state index in [1.807, 2.05) is 26.0 Å². The summed E-state index contributed by atoms with van der Waals surface area (Å²) in [5.41, 5.74) is 1.09. The number of likely N-dealkylation sites (tertiary alicyclic amines) is 1. The number of fused-ring (bicyclic) bond motifs is 1. The van der Waals surface area contributed by atoms with Crippen LogP contribution in [0.2, 0.25) is 0 Å². The number of carbonyl (C=O) groups excluding carboxylic acids is 2. The first-order chi connectivity index (χ1) is 16.7. The quantitative estimate of drug-likeness (QED) is 0.635. The Morgan fingerprint density at radius 2 is 1.74 bits per heavy atom. The van der Waals surface area contributed by atoms with Crippen LogP contribution < -0.4 is 14.8 Å². The zero-order valence-corrected chi connectivity index (χ0v) is 20.8. The average molecular weight is 499 g/mol. The lowest BCUT2D eigenvalue weighted by atomic mass is 9.94. The normalized spacial score (nSPS) is 19.2. The zero-order chi connectivity index (χ0) is 25.2. The number of rotatable bonds is 6. The number of ether oxygens (including phenoxy) is 1. The van der Waals surface area contributed by atoms with Gasteiger partial charge in [-0.15, -0.1) is 0 Å². The molecular weight excluding hydrogens is 468 g/mol. The molecule has 0 spiro atoms. The topological polar surface area (TPSA) is 117 Å². The van der Waals surface area contributed by atoms with Gasteiger partial charge in [0.05, 0.1) is 17.7 Å². The first-order valence-corrected chi connectivity index (χ1v) is 13.1. The van der Waals surface area contributed by atoms with Gasteiger partial charge in [-0.3, -0.25) is 19.3 Å². The number of hydrogen-bond donors (Lipinski definition) is 2. The smallest absolute Gasteiger partial charge is 0.263 e. The van der Waals surface area contributed by atoms with E-state index in [0.29, 0.717) is 42.9 Å². The van der Waals surface area contributed by atoms with Gasteiger partial charge in [0.1, 0.15) is 17.6 Å². The molecule has 2 aromatic carbocycles. The highest BCUT2D eigenvalue weighted by Crippen LogP contribution is 2.27. The highest BCUT2D eigenvalue weighted by Gasteiger charge is 2.35. The van der Waals surface area contributed by atoms with Crippen LogP contribution in [0, 0.1) is 11.8 Å². The molecule has 0 bridgehead atoms. The van der Waals surface area contributed by atoms with Crippen LogP contribution >= 0.6 is 0 Å². The minimum Gasteiger partial charge on any atom is -0.495 e. The van der Waals surface area contributed by atoms with E-state index in [2.05, 4.69) is 15.0 Å². The van der Waals surface area contributed by atoms with Crippen molar-refractivity contribution < 1.29 is 22.7 Å². The Hall–Kier alpha value is -3.40. The van der Waals surface area contributed by atoms with Gasteiger partial charge in [0.15, 0.2) is 0 Å². The number of piperidine rings is 1. The standard InChI is InChI=1S/C25H30N4O5S/c1-16(2)22(27-23-18-8-4-7-11-21(18)35(32,33)28-23)25(31)29-14-12-17(13-15-29)24(30)26-19-9-5-6-10-20(19)34-3/h4-11,16-17,22H,12-15H2,1-3H3,(H,26,30)(H,27,28)/t22-/m0/s1. The van der Waals surface area contributed by atoms with Crippen molar-refractivity contribution in [3.63, 3.8) is 0 Å². The van der Waals surface area contributed by atoms with Gasteiger partial charge in [0.25, 0.3) is 10.0 Å². The maximum Gasteiger partial charge on any atom is 0.263 e. The number of amidine groups is 1. The van der Waals surface area contributed by atoms with Crippen LogP contribution in [-0.4, -0.2) is 57.2 Å². The fraction of sp³-hybridized carbons (Fsp3) is 0.400. The second-order valence-corrected chi connectivity index (χ2v) is 10.7. The van der Waals surface area contributed by atoms with Gasteiger partial charge in [0.2, 0.25) is 11.8 Å². The Bertz CT molecular complexity index is 1250. The third-order valence-corrected chi connectivity index (χ3v) is 7.75. The molecule has 2 aliphatic rings. The van der Waals surface area contributed by atoms with Crippen molar-refractivity contribution in [2.24, 2.45) is 16.8 Å². The molecule has 1 fully saturated rings. The van der Waals surface area contributed by atoms with Crippen molar-refractivity contribution in [3.05, 3.63) is 54.1 Å². The van der Waals surface area contributed by atoms with Gasteiger partial charge in [-0.25, -0.2) is 8.42 Å². The molecule has 0 aromatic heterocycles. The number of anilines is 1. The van der Waals surface area contributed by atoms with E-state index < -0.39 is 16.1 Å². The Balaban J connectivity index is 1.43. The van der Waals surface area contributed by atoms with Crippen LogP contribution in [0.5, 0.6) is 5.75 Å². The van der Waals surface area contributed by atoms with Crippen LogP contribution in [0.3, 0.4) is 0 Å². The fourth-order valence-corrected chi connectivity index (χ4v) is 5.63. The van der Waals surface area contributed by atoms with Crippen LogP contribution in [0.4, 0.5) is 5.69 Å². The summed E-state index contributed by atoms with van der Waals surface area (Å²) >= 11 is 0. The van der Waals surface area contributed by atoms with E-state index in [-0.39, 0.29) is 34.4 Å². The van der Waals surface area contributed by atoms with Gasteiger partial charge in [-0.05, 0) is 43.0 Å². The monoisotopic (exact) mass is 498 g/mol. The second kappa shape index (κ2) is 10.1. The summed E-state index contributed by atoms with van der Waals surface area (Å²) in [5, 5.41) is 2.93. The molecule has 2 heterocycles. The number of amides is 2. The van der Waals surface area contributed by atoms with Gasteiger partial charge in [0, 0.05) is 24.6 Å². The molecule has 2 aliphatic heterocycles. The molecular formula is C25H30N4O5S. The molecule has 0 radical (unpaired) electrons. The first-order valence-electron chi connectivity index (χ1n) is 11.6. The van der Waals surface area contributed by atoms with Crippen LogP contribution in [0.1, 0.15) is 32.3 Å². The molecule has 2 N–H and O–H groups in total. The molecule has 4 rings (SSSR count). The van der Waals surface area contributed by atoms with Gasteiger partial charge >= 0.3 is 0 Å². The summed E-state index contributed by atoms with van der Waals surface area (Å²) in [6.07, 6.45) is 1.06. The molecule has 0 saturated carbocycles. The Labute approximate surface area is 205 Å². The molecule has 0 unspecified atom stereocenters. The number of para-hydroxylation sites is 2. The van der Waals surface area contributed by atoms with Gasteiger partial charge in [-0.1, -0.05) is 38.1 Å². The molecule has 2 amide bonds. The Morgan fingerprint density at radius 3 is 2.43 bits per heavy atom. The number of aliphatic imine (C=N–C) groups is 1. The van der Waals surface area contributed by atoms with Crippen LogP contribution in [0.15, 0.2) is 58.4 Å². The lowest BCUT2D eigenvalue weighted by Crippen LogP contribution is -2.47. The SMILES string of the molecule is COc1ccccc1NC(=O)C1CCN(C(=O)[C@@H](N=C2NS(=O)(=O)c3ccccc32)C(C)C)CC1. The number of sulfonamides is 1. The average Bonchev–Trinajstić information content (AvgIpc) is 3.12. The summed E-state index contributed by atoms with van der Waals surface area (Å²) < 4.78 is 32.6. The van der Waals surface area contributed by atoms with Gasteiger partial charge < -0.3 is 15.0 Å². The lowest BCUT2D eigenvalue weighted by molar-refractivity contribution is -0.136. The predicted octanol–water partition coefficient (Wildman–Crippen LogP) is 2.64. The second-order valence-electron chi connectivity index (χ2n) is 9.06. The molecule has 9 nitrogen and oxygen atoms in total. The number of methoxy groups -OCH3 is 1. The van der Waals surface area contributed by atoms with E-state index in [1.54, 1.807) is 42.3 Å². The van der Waals surface area contributed by atoms with Crippen molar-refractivity contribution in [1.29, 1.82) is 0 Å². The molecule has 35 heavy (non-hydrogen) atoms. The van der Waals surface area contributed by atoms with Crippen LogP contribution in [0.25, 0.3) is 0 Å². The number of carbonyl (C=O) groups is 2. The molecule has 186 valence electrons. The zero-order valence-electron chi connectivity index (χ0n) is 20.0. The molecule has 1 atom stereocenters. The largest absolute Gasteiger partial charge is 0.495 e. The van der Waals surface area contributed by atoms with E-state index in [1.165, 1.54) is 6.07 Å². The number of nitrogens with zero attached hydrogens (tertiary/aromatic N) is 2. The summed E-state index contributed by atoms with van der Waals surface area (Å²) in [7, 11) is -2.13. The number of hydrogen-bond acceptors (Lipinski definition) is 6. The maximum atomic E-state index is 13.4. The van der Waals surface area contributed by atoms with Crippen molar-refractivity contribution in [2.45, 2.75) is 37.6 Å². The minimum absolute atomic E-state index is 0.0979. The highest BCUT2D eigenvalue weighted by atomic mass is 32.2. The van der Waals surface area contributed by atoms with E-state index in [4.69, 9.17) is 4.74 Å². The fourth-order valence-electron chi connectivity index (χ4n) is 4.39. The third-order valence-electron chi connectivity index (χ3n) is 6.36. The lowest BCUT2D eigenvalue weighted by Gasteiger charge is -2.33. The van der Waals surface area contributed by atoms with Crippen LogP contribution in [-0.2, 0) is 19.6 Å². The third kappa shape index (κ3) is 5.17. The van der Waals surface area contributed by atoms with Crippen molar-refractivity contribution in [1.82, 2.24) is 9.62 Å². The highest BCUT2D eigenvalue weighted by molar-refractivity contribution is 7.90. The minimum atomic E-state index is -3.68. The first kappa shape index (κ1) is 24.7. The molecule has 1 saturated heterocycles. The van der Waals surface area contributed by atoms with E-state index in [9.17, 15) is 18.0 Å². The van der Waals surface area contributed by atoms with Gasteiger partial charge in [-0.2, -0.15) is 0 Å². The Morgan fingerprint density at radius 1 is 1.09 bits per heavy atom. The maximum absolute atomic E-state index is 13.4.